The summed E-state index contributed by atoms with van der Waals surface area (Å²) in [6, 6.07) is 54.5. The van der Waals surface area contributed by atoms with Crippen molar-refractivity contribution in [2.24, 2.45) is 0 Å². The molecular formula is C41H25N3S. The van der Waals surface area contributed by atoms with Crippen molar-refractivity contribution in [3.05, 3.63) is 152 Å². The predicted molar refractivity (Wildman–Crippen MR) is 191 cm³/mol. The zero-order chi connectivity index (χ0) is 29.5. The molecule has 10 aromatic rings. The summed E-state index contributed by atoms with van der Waals surface area (Å²) in [6.07, 6.45) is 0. The summed E-state index contributed by atoms with van der Waals surface area (Å²) in [5.74, 6) is 0.917. The molecule has 4 heteroatoms. The van der Waals surface area contributed by atoms with Crippen molar-refractivity contribution >= 4 is 75.1 Å². The maximum absolute atomic E-state index is 5.31. The lowest BCUT2D eigenvalue weighted by Crippen LogP contribution is -1.98. The molecule has 4 heterocycles. The Hall–Kier alpha value is -5.71. The second-order valence-corrected chi connectivity index (χ2v) is 12.7. The van der Waals surface area contributed by atoms with Gasteiger partial charge in [-0.25, -0.2) is 4.98 Å². The van der Waals surface area contributed by atoms with Gasteiger partial charge in [0.05, 0.1) is 27.8 Å². The van der Waals surface area contributed by atoms with E-state index in [-0.39, 0.29) is 0 Å². The van der Waals surface area contributed by atoms with Crippen LogP contribution in [0.15, 0.2) is 152 Å². The SMILES string of the molecule is c1ccc(-n2c3ccccc3c3c4c5ccccc5n(-c5cccc(-c6ccc7sc8ccccc8c7c6)n5)c4ccc32)cc1. The van der Waals surface area contributed by atoms with E-state index >= 15 is 0 Å². The molecule has 10 rings (SSSR count). The molecule has 0 amide bonds. The Morgan fingerprint density at radius 1 is 0.422 bits per heavy atom. The highest BCUT2D eigenvalue weighted by molar-refractivity contribution is 7.25. The first kappa shape index (κ1) is 24.7. The fourth-order valence-electron chi connectivity index (χ4n) is 7.21. The molecule has 0 fully saturated rings. The number of fused-ring (bicyclic) bond motifs is 10. The molecule has 0 saturated heterocycles. The van der Waals surface area contributed by atoms with Crippen LogP contribution in [0.25, 0.3) is 86.5 Å². The van der Waals surface area contributed by atoms with Gasteiger partial charge in [-0.1, -0.05) is 84.9 Å². The number of benzene rings is 6. The largest absolute Gasteiger partial charge is 0.309 e. The lowest BCUT2D eigenvalue weighted by molar-refractivity contribution is 1.08. The number of hydrogen-bond acceptors (Lipinski definition) is 2. The summed E-state index contributed by atoms with van der Waals surface area (Å²) in [5.41, 5.74) is 7.98. The summed E-state index contributed by atoms with van der Waals surface area (Å²) >= 11 is 1.85. The third-order valence-corrected chi connectivity index (χ3v) is 10.3. The lowest BCUT2D eigenvalue weighted by atomic mass is 10.1. The van der Waals surface area contributed by atoms with Crippen LogP contribution in [0.4, 0.5) is 0 Å². The topological polar surface area (TPSA) is 22.8 Å². The van der Waals surface area contributed by atoms with Gasteiger partial charge in [0.1, 0.15) is 5.82 Å². The number of nitrogens with zero attached hydrogens (tertiary/aromatic N) is 3. The Balaban J connectivity index is 1.25. The zero-order valence-corrected chi connectivity index (χ0v) is 25.0. The minimum atomic E-state index is 0.917. The van der Waals surface area contributed by atoms with Crippen molar-refractivity contribution in [3.8, 4) is 22.8 Å². The third kappa shape index (κ3) is 3.54. The number of hydrogen-bond donors (Lipinski definition) is 0. The molecular weight excluding hydrogens is 567 g/mol. The van der Waals surface area contributed by atoms with Crippen molar-refractivity contribution in [2.45, 2.75) is 0 Å². The highest BCUT2D eigenvalue weighted by atomic mass is 32.1. The molecule has 0 unspecified atom stereocenters. The second-order valence-electron chi connectivity index (χ2n) is 11.6. The average Bonchev–Trinajstić information content (AvgIpc) is 3.76. The van der Waals surface area contributed by atoms with Crippen LogP contribution in [0.3, 0.4) is 0 Å². The van der Waals surface area contributed by atoms with E-state index in [1.54, 1.807) is 0 Å². The van der Waals surface area contributed by atoms with Crippen molar-refractivity contribution in [2.75, 3.05) is 0 Å². The monoisotopic (exact) mass is 591 g/mol. The quantitative estimate of drug-likeness (QED) is 0.200. The highest BCUT2D eigenvalue weighted by Crippen LogP contribution is 2.42. The molecule has 0 N–H and O–H groups in total. The first-order valence-corrected chi connectivity index (χ1v) is 16.0. The van der Waals surface area contributed by atoms with Gasteiger partial charge in [-0.3, -0.25) is 4.57 Å². The first-order chi connectivity index (χ1) is 22.3. The Morgan fingerprint density at radius 3 is 1.82 bits per heavy atom. The van der Waals surface area contributed by atoms with E-state index in [2.05, 4.69) is 161 Å². The van der Waals surface area contributed by atoms with Crippen LogP contribution in [-0.2, 0) is 0 Å². The highest BCUT2D eigenvalue weighted by Gasteiger charge is 2.20. The van der Waals surface area contributed by atoms with Gasteiger partial charge in [-0.05, 0) is 66.7 Å². The molecule has 0 aliphatic carbocycles. The Bertz CT molecular complexity index is 2760. The first-order valence-electron chi connectivity index (χ1n) is 15.2. The lowest BCUT2D eigenvalue weighted by Gasteiger charge is -2.10. The third-order valence-electron chi connectivity index (χ3n) is 9.12. The molecule has 0 atom stereocenters. The Kier molecular flexibility index (Phi) is 5.16. The van der Waals surface area contributed by atoms with Crippen LogP contribution in [0, 0.1) is 0 Å². The Morgan fingerprint density at radius 2 is 1.04 bits per heavy atom. The summed E-state index contributed by atoms with van der Waals surface area (Å²) in [6.45, 7) is 0. The maximum Gasteiger partial charge on any atom is 0.138 e. The van der Waals surface area contributed by atoms with Gasteiger partial charge in [-0.2, -0.15) is 0 Å². The van der Waals surface area contributed by atoms with Gasteiger partial charge in [0, 0.05) is 53.0 Å². The second kappa shape index (κ2) is 9.39. The van der Waals surface area contributed by atoms with Crippen LogP contribution in [0.5, 0.6) is 0 Å². The zero-order valence-electron chi connectivity index (χ0n) is 24.2. The van der Waals surface area contributed by atoms with Gasteiger partial charge in [0.15, 0.2) is 0 Å². The van der Waals surface area contributed by atoms with Crippen LogP contribution in [0.2, 0.25) is 0 Å². The number of para-hydroxylation sites is 3. The van der Waals surface area contributed by atoms with E-state index in [4.69, 9.17) is 4.98 Å². The number of thiophene rings is 1. The van der Waals surface area contributed by atoms with E-state index in [9.17, 15) is 0 Å². The minimum Gasteiger partial charge on any atom is -0.309 e. The molecule has 6 aromatic carbocycles. The van der Waals surface area contributed by atoms with Gasteiger partial charge in [0.2, 0.25) is 0 Å². The van der Waals surface area contributed by atoms with E-state index in [0.717, 1.165) is 33.8 Å². The van der Waals surface area contributed by atoms with Crippen molar-refractivity contribution in [1.29, 1.82) is 0 Å². The van der Waals surface area contributed by atoms with Crippen molar-refractivity contribution in [3.63, 3.8) is 0 Å². The molecule has 0 aliphatic heterocycles. The fourth-order valence-corrected chi connectivity index (χ4v) is 8.30. The van der Waals surface area contributed by atoms with Crippen molar-refractivity contribution in [1.82, 2.24) is 14.1 Å². The Labute approximate surface area is 262 Å². The molecule has 0 bridgehead atoms. The molecule has 210 valence electrons. The molecule has 0 radical (unpaired) electrons. The number of rotatable bonds is 3. The van der Waals surface area contributed by atoms with Gasteiger partial charge >= 0.3 is 0 Å². The fraction of sp³-hybridized carbons (Fsp3) is 0. The summed E-state index contributed by atoms with van der Waals surface area (Å²) in [4.78, 5) is 5.31. The van der Waals surface area contributed by atoms with Gasteiger partial charge in [-0.15, -0.1) is 11.3 Å². The van der Waals surface area contributed by atoms with Crippen LogP contribution >= 0.6 is 11.3 Å². The predicted octanol–water partition coefficient (Wildman–Crippen LogP) is 11.3. The maximum atomic E-state index is 5.31. The summed E-state index contributed by atoms with van der Waals surface area (Å²) in [7, 11) is 0. The average molecular weight is 592 g/mol. The van der Waals surface area contributed by atoms with E-state index in [1.807, 2.05) is 11.3 Å². The van der Waals surface area contributed by atoms with Crippen molar-refractivity contribution < 1.29 is 0 Å². The van der Waals surface area contributed by atoms with Crippen LogP contribution < -0.4 is 0 Å². The van der Waals surface area contributed by atoms with Gasteiger partial charge < -0.3 is 4.57 Å². The summed E-state index contributed by atoms with van der Waals surface area (Å²) in [5, 5.41) is 7.60. The molecule has 0 saturated carbocycles. The van der Waals surface area contributed by atoms with E-state index in [0.29, 0.717) is 0 Å². The van der Waals surface area contributed by atoms with E-state index < -0.39 is 0 Å². The summed E-state index contributed by atoms with van der Waals surface area (Å²) < 4.78 is 7.34. The number of pyridine rings is 1. The molecule has 45 heavy (non-hydrogen) atoms. The van der Waals surface area contributed by atoms with Crippen LogP contribution in [-0.4, -0.2) is 14.1 Å². The van der Waals surface area contributed by atoms with Crippen LogP contribution in [0.1, 0.15) is 0 Å². The van der Waals surface area contributed by atoms with E-state index in [1.165, 1.54) is 52.8 Å². The number of aromatic nitrogens is 3. The minimum absolute atomic E-state index is 0.917. The normalized spacial score (nSPS) is 12.0. The molecule has 3 nitrogen and oxygen atoms in total. The van der Waals surface area contributed by atoms with Gasteiger partial charge in [0.25, 0.3) is 0 Å². The smallest absolute Gasteiger partial charge is 0.138 e. The molecule has 0 spiro atoms. The molecule has 0 aliphatic rings. The standard InChI is InChI=1S/C41H25N3S/c1-2-11-27(12-3-1)43-33-17-7-4-14-29(33)40-35(43)22-23-36-41(40)30-15-5-8-18-34(30)44(36)39-20-10-16-32(42-39)26-21-24-38-31(25-26)28-13-6-9-19-37(28)45-38/h1-25H. The molecule has 4 aromatic heterocycles.